The van der Waals surface area contributed by atoms with E-state index in [1.807, 2.05) is 0 Å². The summed E-state index contributed by atoms with van der Waals surface area (Å²) >= 11 is 0. The molecule has 1 N–H and O–H groups in total. The van der Waals surface area contributed by atoms with Gasteiger partial charge in [0.05, 0.1) is 0 Å². The minimum Gasteiger partial charge on any atom is -0.316 e. The second-order valence-electron chi connectivity index (χ2n) is 6.34. The van der Waals surface area contributed by atoms with Gasteiger partial charge in [0, 0.05) is 0 Å². The number of hydrogen-bond acceptors (Lipinski definition) is 1. The van der Waals surface area contributed by atoms with E-state index in [1.165, 1.54) is 44.1 Å². The summed E-state index contributed by atoms with van der Waals surface area (Å²) in [5.41, 5.74) is 9.54. The number of fused-ring (bicyclic) bond motifs is 1. The number of rotatable bonds is 0. The summed E-state index contributed by atoms with van der Waals surface area (Å²) in [6.45, 7) is 2.26. The second kappa shape index (κ2) is 5.65. The quantitative estimate of drug-likeness (QED) is 0.740. The molecule has 1 aromatic rings. The molecule has 1 nitrogen and oxygen atoms in total. The van der Waals surface area contributed by atoms with E-state index in [0.29, 0.717) is 0 Å². The fourth-order valence-electron chi connectivity index (χ4n) is 4.00. The van der Waals surface area contributed by atoms with Crippen LogP contribution in [-0.2, 0) is 6.42 Å². The average Bonchev–Trinajstić information content (AvgIpc) is 2.72. The molecule has 2 aliphatic carbocycles. The lowest BCUT2D eigenvalue weighted by Crippen LogP contribution is -2.24. The van der Waals surface area contributed by atoms with Gasteiger partial charge in [-0.05, 0) is 73.9 Å². The van der Waals surface area contributed by atoms with Crippen molar-refractivity contribution in [2.45, 2.75) is 38.5 Å². The molecule has 0 atom stereocenters. The molecule has 1 aromatic carbocycles. The SMILES string of the molecule is C1=CC2=C(CC1)CCc1ccccc1C2=C1CCNCC1. The Bertz CT molecular complexity index is 638. The highest BCUT2D eigenvalue weighted by molar-refractivity contribution is 5.87. The van der Waals surface area contributed by atoms with Gasteiger partial charge in [0.25, 0.3) is 0 Å². The maximum absolute atomic E-state index is 3.50. The summed E-state index contributed by atoms with van der Waals surface area (Å²) < 4.78 is 0. The topological polar surface area (TPSA) is 12.0 Å². The van der Waals surface area contributed by atoms with Gasteiger partial charge in [-0.1, -0.05) is 47.6 Å². The third-order valence-corrected chi connectivity index (χ3v) is 5.09. The zero-order chi connectivity index (χ0) is 14.1. The van der Waals surface area contributed by atoms with E-state index >= 15 is 0 Å². The van der Waals surface area contributed by atoms with Crippen LogP contribution in [0.2, 0.25) is 0 Å². The van der Waals surface area contributed by atoms with Crippen LogP contribution in [-0.4, -0.2) is 13.1 Å². The maximum Gasteiger partial charge on any atom is -0.00111 e. The fraction of sp³-hybridized carbons (Fsp3) is 0.400. The summed E-state index contributed by atoms with van der Waals surface area (Å²) in [7, 11) is 0. The largest absolute Gasteiger partial charge is 0.316 e. The lowest BCUT2D eigenvalue weighted by atomic mass is 9.84. The first kappa shape index (κ1) is 13.1. The summed E-state index contributed by atoms with van der Waals surface area (Å²) in [6.07, 6.45) is 12.1. The Morgan fingerprint density at radius 2 is 1.67 bits per heavy atom. The molecule has 0 saturated carbocycles. The van der Waals surface area contributed by atoms with Gasteiger partial charge in [-0.2, -0.15) is 0 Å². The number of nitrogens with one attached hydrogen (secondary N) is 1. The Kier molecular flexibility index (Phi) is 3.52. The standard InChI is InChI=1S/C20H23N/c1-3-7-18-15(5-1)9-10-16-6-2-4-8-19(16)20(18)17-11-13-21-14-12-17/h1,3-5,7-8,21H,2,6,9-14H2. The minimum atomic E-state index is 1.13. The van der Waals surface area contributed by atoms with E-state index in [-0.39, 0.29) is 0 Å². The molecule has 0 radical (unpaired) electrons. The van der Waals surface area contributed by atoms with Crippen LogP contribution < -0.4 is 5.32 Å². The number of aryl methyl sites for hydroxylation is 1. The van der Waals surface area contributed by atoms with Crippen molar-refractivity contribution in [3.05, 3.63) is 64.3 Å². The molecule has 1 heteroatoms. The van der Waals surface area contributed by atoms with Crippen LogP contribution in [0.4, 0.5) is 0 Å². The van der Waals surface area contributed by atoms with E-state index in [4.69, 9.17) is 0 Å². The van der Waals surface area contributed by atoms with Crippen LogP contribution in [0.15, 0.2) is 53.1 Å². The molecule has 1 aliphatic heterocycles. The van der Waals surface area contributed by atoms with Crippen LogP contribution in [0.3, 0.4) is 0 Å². The van der Waals surface area contributed by atoms with Gasteiger partial charge in [0.15, 0.2) is 0 Å². The van der Waals surface area contributed by atoms with Gasteiger partial charge in [-0.25, -0.2) is 0 Å². The Morgan fingerprint density at radius 3 is 2.57 bits per heavy atom. The number of piperidine rings is 1. The number of hydrogen-bond donors (Lipinski definition) is 1. The van der Waals surface area contributed by atoms with Gasteiger partial charge in [0.2, 0.25) is 0 Å². The van der Waals surface area contributed by atoms with Crippen molar-refractivity contribution in [3.8, 4) is 0 Å². The predicted octanol–water partition coefficient (Wildman–Crippen LogP) is 4.42. The molecule has 108 valence electrons. The monoisotopic (exact) mass is 277 g/mol. The Morgan fingerprint density at radius 1 is 0.810 bits per heavy atom. The number of benzene rings is 1. The Labute approximate surface area is 127 Å². The molecule has 21 heavy (non-hydrogen) atoms. The molecule has 3 aliphatic rings. The fourth-order valence-corrected chi connectivity index (χ4v) is 4.00. The normalized spacial score (nSPS) is 21.9. The highest BCUT2D eigenvalue weighted by Crippen LogP contribution is 2.41. The van der Waals surface area contributed by atoms with Crippen molar-refractivity contribution < 1.29 is 0 Å². The van der Waals surface area contributed by atoms with Crippen LogP contribution in [0.5, 0.6) is 0 Å². The van der Waals surface area contributed by atoms with Crippen molar-refractivity contribution in [2.24, 2.45) is 0 Å². The molecule has 1 heterocycles. The third-order valence-electron chi connectivity index (χ3n) is 5.09. The van der Waals surface area contributed by atoms with Crippen molar-refractivity contribution in [3.63, 3.8) is 0 Å². The molecular weight excluding hydrogens is 254 g/mol. The summed E-state index contributed by atoms with van der Waals surface area (Å²) in [6, 6.07) is 9.08. The van der Waals surface area contributed by atoms with Gasteiger partial charge in [0.1, 0.15) is 0 Å². The molecule has 0 unspecified atom stereocenters. The van der Waals surface area contributed by atoms with Crippen molar-refractivity contribution >= 4 is 5.57 Å². The van der Waals surface area contributed by atoms with Crippen molar-refractivity contribution in [1.82, 2.24) is 5.32 Å². The zero-order valence-corrected chi connectivity index (χ0v) is 12.6. The van der Waals surface area contributed by atoms with E-state index in [0.717, 1.165) is 13.1 Å². The van der Waals surface area contributed by atoms with Gasteiger partial charge in [-0.15, -0.1) is 0 Å². The number of allylic oxidation sites excluding steroid dienone is 5. The Balaban J connectivity index is 1.93. The minimum absolute atomic E-state index is 1.13. The molecule has 1 fully saturated rings. The van der Waals surface area contributed by atoms with Crippen LogP contribution in [0.1, 0.15) is 43.2 Å². The maximum atomic E-state index is 3.50. The van der Waals surface area contributed by atoms with E-state index < -0.39 is 0 Å². The molecular formula is C20H23N. The van der Waals surface area contributed by atoms with Gasteiger partial charge < -0.3 is 5.32 Å². The van der Waals surface area contributed by atoms with Gasteiger partial charge in [-0.3, -0.25) is 0 Å². The van der Waals surface area contributed by atoms with Crippen LogP contribution in [0.25, 0.3) is 5.57 Å². The summed E-state index contributed by atoms with van der Waals surface area (Å²) in [5.74, 6) is 0. The molecule has 4 rings (SSSR count). The van der Waals surface area contributed by atoms with Crippen molar-refractivity contribution in [2.75, 3.05) is 13.1 Å². The van der Waals surface area contributed by atoms with Crippen LogP contribution in [0, 0.1) is 0 Å². The summed E-state index contributed by atoms with van der Waals surface area (Å²) in [4.78, 5) is 0. The first-order valence-electron chi connectivity index (χ1n) is 8.33. The summed E-state index contributed by atoms with van der Waals surface area (Å²) in [5, 5.41) is 3.50. The lowest BCUT2D eigenvalue weighted by molar-refractivity contribution is 0.611. The molecule has 1 saturated heterocycles. The van der Waals surface area contributed by atoms with Crippen molar-refractivity contribution in [1.29, 1.82) is 0 Å². The highest BCUT2D eigenvalue weighted by atomic mass is 14.9. The lowest BCUT2D eigenvalue weighted by Gasteiger charge is -2.24. The van der Waals surface area contributed by atoms with E-state index in [2.05, 4.69) is 41.7 Å². The Hall–Kier alpha value is -1.60. The molecule has 0 spiro atoms. The molecule has 0 aromatic heterocycles. The molecule has 0 bridgehead atoms. The zero-order valence-electron chi connectivity index (χ0n) is 12.6. The third kappa shape index (κ3) is 2.40. The predicted molar refractivity (Wildman–Crippen MR) is 89.2 cm³/mol. The van der Waals surface area contributed by atoms with E-state index in [9.17, 15) is 0 Å². The van der Waals surface area contributed by atoms with E-state index in [1.54, 1.807) is 27.9 Å². The smallest absolute Gasteiger partial charge is 0.00111 e. The van der Waals surface area contributed by atoms with Crippen LogP contribution >= 0.6 is 0 Å². The first-order chi connectivity index (χ1) is 10.4. The second-order valence-corrected chi connectivity index (χ2v) is 6.34. The molecule has 0 amide bonds. The first-order valence-corrected chi connectivity index (χ1v) is 8.33. The highest BCUT2D eigenvalue weighted by Gasteiger charge is 2.23. The van der Waals surface area contributed by atoms with Gasteiger partial charge >= 0.3 is 0 Å². The average molecular weight is 277 g/mol.